The number of aliphatic imine (C=N–C) groups is 1. The van der Waals surface area contributed by atoms with Crippen LogP contribution in [-0.2, 0) is 4.79 Å². The maximum absolute atomic E-state index is 13.1. The van der Waals surface area contributed by atoms with Crippen LogP contribution >= 0.6 is 0 Å². The molecule has 0 radical (unpaired) electrons. The number of piperidine rings is 1. The molecule has 3 aliphatic rings. The van der Waals surface area contributed by atoms with E-state index in [1.54, 1.807) is 12.4 Å². The third kappa shape index (κ3) is 4.56. The maximum Gasteiger partial charge on any atom is 0.261 e. The van der Waals surface area contributed by atoms with E-state index in [1.165, 1.54) is 0 Å². The minimum atomic E-state index is -0.411. The summed E-state index contributed by atoms with van der Waals surface area (Å²) in [5, 5.41) is 26.4. The number of allylic oxidation sites excluding steroid dienone is 1. The minimum Gasteiger partial charge on any atom is -0.490 e. The monoisotopic (exact) mass is 424 g/mol. The number of rotatable bonds is 5. The molecular weight excluding hydrogens is 396 g/mol. The van der Waals surface area contributed by atoms with Crippen molar-refractivity contribution in [3.05, 3.63) is 35.3 Å². The van der Waals surface area contributed by atoms with Crippen LogP contribution in [-0.4, -0.2) is 56.3 Å². The highest BCUT2D eigenvalue weighted by atomic mass is 16.5. The van der Waals surface area contributed by atoms with Crippen LogP contribution < -0.4 is 25.6 Å². The van der Waals surface area contributed by atoms with Gasteiger partial charge in [-0.15, -0.1) is 0 Å². The lowest BCUT2D eigenvalue weighted by atomic mass is 9.97. The molecule has 9 heteroatoms. The number of benzene rings is 1. The third-order valence-electron chi connectivity index (χ3n) is 5.71. The van der Waals surface area contributed by atoms with Gasteiger partial charge < -0.3 is 36.1 Å². The van der Waals surface area contributed by atoms with Crippen molar-refractivity contribution in [1.29, 1.82) is 5.41 Å². The van der Waals surface area contributed by atoms with Crippen molar-refractivity contribution >= 4 is 35.4 Å². The molecule has 1 amide bonds. The van der Waals surface area contributed by atoms with E-state index in [-0.39, 0.29) is 12.2 Å². The standard InChI is InChI=1S/C22H28N6O3/c1-14-11-25-21(26-12-14)16(10-23)22(30)27-17-8-18-20(31-7-4-24-18)9-19(17)28-5-2-15(13-29)3-6-28/h8-12,15,23-25,29H,2-7,13H2,1H3,(H,27,30)/b21-16-,23-10?. The number of fused-ring (bicyclic) bond motifs is 1. The van der Waals surface area contributed by atoms with Gasteiger partial charge in [-0.2, -0.15) is 0 Å². The average molecular weight is 425 g/mol. The van der Waals surface area contributed by atoms with Gasteiger partial charge in [0.2, 0.25) is 0 Å². The summed E-state index contributed by atoms with van der Waals surface area (Å²) in [5.74, 6) is 0.993. The van der Waals surface area contributed by atoms with Gasteiger partial charge >= 0.3 is 0 Å². The predicted octanol–water partition coefficient (Wildman–Crippen LogP) is 2.08. The first kappa shape index (κ1) is 20.9. The summed E-state index contributed by atoms with van der Waals surface area (Å²) >= 11 is 0. The van der Waals surface area contributed by atoms with Gasteiger partial charge in [0.25, 0.3) is 5.91 Å². The van der Waals surface area contributed by atoms with Crippen LogP contribution in [0.5, 0.6) is 5.75 Å². The van der Waals surface area contributed by atoms with E-state index in [0.29, 0.717) is 30.6 Å². The van der Waals surface area contributed by atoms with Gasteiger partial charge in [-0.05, 0) is 37.3 Å². The quantitative estimate of drug-likeness (QED) is 0.364. The van der Waals surface area contributed by atoms with Crippen molar-refractivity contribution in [2.75, 3.05) is 48.4 Å². The van der Waals surface area contributed by atoms with Crippen molar-refractivity contribution < 1.29 is 14.6 Å². The van der Waals surface area contributed by atoms with Gasteiger partial charge in [0.05, 0.1) is 22.6 Å². The van der Waals surface area contributed by atoms with E-state index < -0.39 is 5.91 Å². The van der Waals surface area contributed by atoms with Crippen molar-refractivity contribution in [3.8, 4) is 5.75 Å². The summed E-state index contributed by atoms with van der Waals surface area (Å²) in [5.41, 5.74) is 3.43. The number of carbonyl (C=O) groups excluding carboxylic acids is 1. The van der Waals surface area contributed by atoms with E-state index in [1.807, 2.05) is 19.1 Å². The smallest absolute Gasteiger partial charge is 0.261 e. The molecule has 0 bridgehead atoms. The van der Waals surface area contributed by atoms with E-state index in [9.17, 15) is 9.90 Å². The van der Waals surface area contributed by atoms with Crippen LogP contribution in [0.3, 0.4) is 0 Å². The number of anilines is 3. The highest BCUT2D eigenvalue weighted by molar-refractivity contribution is 6.18. The summed E-state index contributed by atoms with van der Waals surface area (Å²) in [6, 6.07) is 3.84. The van der Waals surface area contributed by atoms with Crippen molar-refractivity contribution in [2.24, 2.45) is 10.9 Å². The summed E-state index contributed by atoms with van der Waals surface area (Å²) in [7, 11) is 0. The van der Waals surface area contributed by atoms with E-state index in [4.69, 9.17) is 10.1 Å². The number of carbonyl (C=O) groups is 1. The van der Waals surface area contributed by atoms with Crippen LogP contribution in [0.2, 0.25) is 0 Å². The Morgan fingerprint density at radius 1 is 1.42 bits per heavy atom. The molecule has 0 atom stereocenters. The number of hydrogen-bond donors (Lipinski definition) is 5. The van der Waals surface area contributed by atoms with E-state index >= 15 is 0 Å². The van der Waals surface area contributed by atoms with Crippen LogP contribution in [0, 0.1) is 11.3 Å². The van der Waals surface area contributed by atoms with Crippen molar-refractivity contribution in [3.63, 3.8) is 0 Å². The molecule has 164 valence electrons. The van der Waals surface area contributed by atoms with Gasteiger partial charge in [-0.3, -0.25) is 4.79 Å². The number of nitrogens with one attached hydrogen (secondary N) is 4. The Labute approximate surface area is 181 Å². The largest absolute Gasteiger partial charge is 0.490 e. The summed E-state index contributed by atoms with van der Waals surface area (Å²) in [6.45, 7) is 4.95. The second-order valence-electron chi connectivity index (χ2n) is 7.91. The van der Waals surface area contributed by atoms with Crippen molar-refractivity contribution in [1.82, 2.24) is 5.32 Å². The molecule has 0 spiro atoms. The maximum atomic E-state index is 13.1. The third-order valence-corrected chi connectivity index (χ3v) is 5.71. The Bertz CT molecular complexity index is 960. The lowest BCUT2D eigenvalue weighted by molar-refractivity contribution is -0.112. The first-order chi connectivity index (χ1) is 15.1. The fraction of sp³-hybridized carbons (Fsp3) is 0.409. The second kappa shape index (κ2) is 9.22. The molecule has 9 nitrogen and oxygen atoms in total. The second-order valence-corrected chi connectivity index (χ2v) is 7.91. The van der Waals surface area contributed by atoms with Crippen LogP contribution in [0.15, 0.2) is 40.3 Å². The minimum absolute atomic E-state index is 0.145. The Kier molecular flexibility index (Phi) is 6.22. The van der Waals surface area contributed by atoms with Crippen LogP contribution in [0.4, 0.5) is 17.1 Å². The Balaban J connectivity index is 1.63. The summed E-state index contributed by atoms with van der Waals surface area (Å²) in [4.78, 5) is 19.5. The van der Waals surface area contributed by atoms with Gasteiger partial charge in [-0.1, -0.05) is 0 Å². The zero-order valence-electron chi connectivity index (χ0n) is 17.6. The zero-order chi connectivity index (χ0) is 21.8. The molecule has 0 unspecified atom stereocenters. The average Bonchev–Trinajstić information content (AvgIpc) is 2.80. The van der Waals surface area contributed by atoms with Crippen molar-refractivity contribution in [2.45, 2.75) is 19.8 Å². The Hall–Kier alpha value is -3.33. The molecule has 0 saturated carbocycles. The first-order valence-electron chi connectivity index (χ1n) is 10.5. The molecule has 5 N–H and O–H groups in total. The fourth-order valence-corrected chi connectivity index (χ4v) is 3.89. The predicted molar refractivity (Wildman–Crippen MR) is 122 cm³/mol. The van der Waals surface area contributed by atoms with Gasteiger partial charge in [-0.25, -0.2) is 4.99 Å². The van der Waals surface area contributed by atoms with Gasteiger partial charge in [0.15, 0.2) is 0 Å². The molecule has 3 heterocycles. The molecule has 3 aliphatic heterocycles. The van der Waals surface area contributed by atoms with E-state index in [2.05, 4.69) is 25.8 Å². The number of hydrogen-bond acceptors (Lipinski definition) is 8. The molecule has 1 fully saturated rings. The number of aliphatic hydroxyl groups excluding tert-OH is 1. The SMILES string of the molecule is CC1=CN/C(=C(\C=N)C(=O)Nc2cc3c(cc2N2CCC(CO)CC2)OCCN3)N=C1. The molecular formula is C22H28N6O3. The topological polar surface area (TPSA) is 122 Å². The Morgan fingerprint density at radius 3 is 2.90 bits per heavy atom. The van der Waals surface area contributed by atoms with Gasteiger partial charge in [0, 0.05) is 50.9 Å². The van der Waals surface area contributed by atoms with Crippen LogP contribution in [0.1, 0.15) is 19.8 Å². The number of ether oxygens (including phenoxy) is 1. The zero-order valence-corrected chi connectivity index (χ0v) is 17.6. The molecule has 0 aliphatic carbocycles. The first-order valence-corrected chi connectivity index (χ1v) is 10.5. The van der Waals surface area contributed by atoms with Crippen LogP contribution in [0.25, 0.3) is 0 Å². The molecule has 1 aromatic carbocycles. The molecule has 4 rings (SSSR count). The number of amides is 1. The summed E-state index contributed by atoms with van der Waals surface area (Å²) < 4.78 is 5.81. The summed E-state index contributed by atoms with van der Waals surface area (Å²) in [6.07, 6.45) is 6.19. The highest BCUT2D eigenvalue weighted by Crippen LogP contribution is 2.40. The normalized spacial score (nSPS) is 19.9. The molecule has 1 aromatic rings. The number of aliphatic hydroxyl groups is 1. The van der Waals surface area contributed by atoms with E-state index in [0.717, 1.165) is 54.8 Å². The molecule has 1 saturated heterocycles. The Morgan fingerprint density at radius 2 is 2.23 bits per heavy atom. The molecule has 0 aromatic heterocycles. The lowest BCUT2D eigenvalue weighted by Gasteiger charge is -2.35. The highest BCUT2D eigenvalue weighted by Gasteiger charge is 2.25. The molecule has 31 heavy (non-hydrogen) atoms. The fourth-order valence-electron chi connectivity index (χ4n) is 3.89. The van der Waals surface area contributed by atoms with Gasteiger partial charge in [0.1, 0.15) is 18.2 Å². The lowest BCUT2D eigenvalue weighted by Crippen LogP contribution is -2.35. The number of nitrogens with zero attached hydrogens (tertiary/aromatic N) is 2.